The molecule has 0 bridgehead atoms. The first kappa shape index (κ1) is 24.4. The van der Waals surface area contributed by atoms with Gasteiger partial charge in [-0.3, -0.25) is 4.18 Å². The Bertz CT molecular complexity index is 788. The number of unbranched alkanes of at least 4 members (excludes halogenated alkanes) is 5. The smallest absolute Gasteiger partial charge is 0.297 e. The van der Waals surface area contributed by atoms with Crippen LogP contribution in [0.2, 0.25) is 0 Å². The summed E-state index contributed by atoms with van der Waals surface area (Å²) in [6.45, 7) is 3.18. The normalized spacial score (nSPS) is 11.5. The lowest BCUT2D eigenvalue weighted by molar-refractivity contribution is 0.0779. The molecule has 0 unspecified atom stereocenters. The Morgan fingerprint density at radius 3 is 2.13 bits per heavy atom. The summed E-state index contributed by atoms with van der Waals surface area (Å²) in [7, 11) is -3.72. The average molecular weight is 435 g/mol. The Balaban J connectivity index is 1.52. The Morgan fingerprint density at radius 2 is 1.40 bits per heavy atom. The monoisotopic (exact) mass is 434 g/mol. The highest BCUT2D eigenvalue weighted by Crippen LogP contribution is 2.15. The highest BCUT2D eigenvalue weighted by molar-refractivity contribution is 7.86. The van der Waals surface area contributed by atoms with Gasteiger partial charge >= 0.3 is 0 Å². The number of hydrogen-bond donors (Lipinski definition) is 0. The van der Waals surface area contributed by atoms with Crippen LogP contribution >= 0.6 is 0 Å². The van der Waals surface area contributed by atoms with Crippen molar-refractivity contribution in [2.45, 2.75) is 56.8 Å². The van der Waals surface area contributed by atoms with Crippen molar-refractivity contribution in [2.75, 3.05) is 26.4 Å². The second kappa shape index (κ2) is 14.2. The van der Waals surface area contributed by atoms with E-state index in [4.69, 9.17) is 13.7 Å². The zero-order valence-corrected chi connectivity index (χ0v) is 18.7. The average Bonchev–Trinajstić information content (AvgIpc) is 2.77. The highest BCUT2D eigenvalue weighted by Gasteiger charge is 2.13. The molecule has 5 nitrogen and oxygen atoms in total. The molecular formula is C24H34O5S. The van der Waals surface area contributed by atoms with E-state index >= 15 is 0 Å². The Hall–Kier alpha value is -1.89. The molecule has 0 aliphatic heterocycles. The van der Waals surface area contributed by atoms with Gasteiger partial charge in [-0.05, 0) is 42.7 Å². The fourth-order valence-corrected chi connectivity index (χ4v) is 3.95. The maximum absolute atomic E-state index is 12.0. The molecule has 0 amide bonds. The van der Waals surface area contributed by atoms with E-state index in [2.05, 4.69) is 19.1 Å². The molecule has 2 aromatic carbocycles. The van der Waals surface area contributed by atoms with E-state index in [-0.39, 0.29) is 18.1 Å². The number of rotatable bonds is 16. The summed E-state index contributed by atoms with van der Waals surface area (Å²) in [5.41, 5.74) is 1.34. The lowest BCUT2D eigenvalue weighted by Crippen LogP contribution is -2.14. The lowest BCUT2D eigenvalue weighted by Gasteiger charge is -2.09. The molecule has 0 aliphatic rings. The first-order chi connectivity index (χ1) is 14.6. The molecule has 0 heterocycles. The van der Waals surface area contributed by atoms with Gasteiger partial charge in [-0.2, -0.15) is 8.42 Å². The molecular weight excluding hydrogens is 400 g/mol. The van der Waals surface area contributed by atoms with Gasteiger partial charge in [0.25, 0.3) is 10.1 Å². The van der Waals surface area contributed by atoms with Crippen LogP contribution in [0, 0.1) is 0 Å². The molecule has 2 rings (SSSR count). The molecule has 0 aliphatic carbocycles. The molecule has 0 fully saturated rings. The van der Waals surface area contributed by atoms with Gasteiger partial charge in [0, 0.05) is 0 Å². The van der Waals surface area contributed by atoms with Crippen molar-refractivity contribution < 1.29 is 22.1 Å². The number of aryl methyl sites for hydroxylation is 1. The summed E-state index contributed by atoms with van der Waals surface area (Å²) < 4.78 is 39.9. The van der Waals surface area contributed by atoms with E-state index < -0.39 is 10.1 Å². The SMILES string of the molecule is CCCCCCCCc1ccc(OCCOCCOS(=O)(=O)c2ccccc2)cc1. The van der Waals surface area contributed by atoms with Crippen molar-refractivity contribution in [3.05, 3.63) is 60.2 Å². The Kier molecular flexibility index (Phi) is 11.5. The van der Waals surface area contributed by atoms with Crippen molar-refractivity contribution in [3.63, 3.8) is 0 Å². The van der Waals surface area contributed by atoms with E-state index in [1.807, 2.05) is 12.1 Å². The minimum absolute atomic E-state index is 0.0234. The minimum Gasteiger partial charge on any atom is -0.491 e. The summed E-state index contributed by atoms with van der Waals surface area (Å²) in [6, 6.07) is 16.3. The lowest BCUT2D eigenvalue weighted by atomic mass is 10.0. The van der Waals surface area contributed by atoms with E-state index in [9.17, 15) is 8.42 Å². The molecule has 30 heavy (non-hydrogen) atoms. The van der Waals surface area contributed by atoms with Crippen LogP contribution in [0.4, 0.5) is 0 Å². The van der Waals surface area contributed by atoms with Crippen molar-refractivity contribution in [3.8, 4) is 5.75 Å². The summed E-state index contributed by atoms with van der Waals surface area (Å²) in [5, 5.41) is 0. The second-order valence-corrected chi connectivity index (χ2v) is 8.83. The van der Waals surface area contributed by atoms with Gasteiger partial charge in [0.2, 0.25) is 0 Å². The first-order valence-electron chi connectivity index (χ1n) is 10.9. The summed E-state index contributed by atoms with van der Waals surface area (Å²) >= 11 is 0. The standard InChI is InChI=1S/C24H34O5S/c1-2-3-4-5-6-8-11-22-14-16-23(17-15-22)28-20-18-27-19-21-29-30(25,26)24-12-9-7-10-13-24/h7,9-10,12-17H,2-6,8,11,18-21H2,1H3. The van der Waals surface area contributed by atoms with Crippen LogP contribution < -0.4 is 4.74 Å². The van der Waals surface area contributed by atoms with Crippen molar-refractivity contribution in [1.29, 1.82) is 0 Å². The zero-order chi connectivity index (χ0) is 21.5. The largest absolute Gasteiger partial charge is 0.491 e. The summed E-state index contributed by atoms with van der Waals surface area (Å²) in [4.78, 5) is 0.147. The van der Waals surface area contributed by atoms with Crippen LogP contribution in [0.3, 0.4) is 0 Å². The van der Waals surface area contributed by atoms with Crippen molar-refractivity contribution >= 4 is 10.1 Å². The van der Waals surface area contributed by atoms with Gasteiger partial charge in [0.05, 0.1) is 24.7 Å². The van der Waals surface area contributed by atoms with Gasteiger partial charge in [-0.25, -0.2) is 0 Å². The van der Waals surface area contributed by atoms with Gasteiger partial charge in [-0.15, -0.1) is 0 Å². The quantitative estimate of drug-likeness (QED) is 0.262. The molecule has 6 heteroatoms. The fraction of sp³-hybridized carbons (Fsp3) is 0.500. The van der Waals surface area contributed by atoms with Crippen LogP contribution in [0.25, 0.3) is 0 Å². The molecule has 0 aromatic heterocycles. The van der Waals surface area contributed by atoms with E-state index in [1.54, 1.807) is 18.2 Å². The van der Waals surface area contributed by atoms with Gasteiger partial charge < -0.3 is 9.47 Å². The van der Waals surface area contributed by atoms with Gasteiger partial charge in [0.15, 0.2) is 0 Å². The van der Waals surface area contributed by atoms with E-state index in [0.29, 0.717) is 13.2 Å². The third-order valence-electron chi connectivity index (χ3n) is 4.74. The summed E-state index contributed by atoms with van der Waals surface area (Å²) in [6.07, 6.45) is 8.96. The molecule has 0 saturated carbocycles. The van der Waals surface area contributed by atoms with Crippen molar-refractivity contribution in [2.24, 2.45) is 0 Å². The van der Waals surface area contributed by atoms with Crippen LogP contribution in [0.5, 0.6) is 5.75 Å². The molecule has 0 atom stereocenters. The van der Waals surface area contributed by atoms with Gasteiger partial charge in [-0.1, -0.05) is 69.4 Å². The summed E-state index contributed by atoms with van der Waals surface area (Å²) in [5.74, 6) is 0.813. The highest BCUT2D eigenvalue weighted by atomic mass is 32.2. The topological polar surface area (TPSA) is 61.8 Å². The third-order valence-corrected chi connectivity index (χ3v) is 6.06. The molecule has 0 N–H and O–H groups in total. The van der Waals surface area contributed by atoms with Crippen LogP contribution in [0.1, 0.15) is 51.0 Å². The first-order valence-corrected chi connectivity index (χ1v) is 12.3. The Labute approximate surface area is 181 Å². The predicted octanol–water partition coefficient (Wildman–Crippen LogP) is 5.39. The zero-order valence-electron chi connectivity index (χ0n) is 17.9. The minimum atomic E-state index is -3.72. The maximum Gasteiger partial charge on any atom is 0.297 e. The van der Waals surface area contributed by atoms with Crippen molar-refractivity contribution in [1.82, 2.24) is 0 Å². The Morgan fingerprint density at radius 1 is 0.733 bits per heavy atom. The van der Waals surface area contributed by atoms with Crippen LogP contribution in [-0.4, -0.2) is 34.8 Å². The van der Waals surface area contributed by atoms with Crippen LogP contribution in [-0.2, 0) is 25.5 Å². The third kappa shape index (κ3) is 9.74. The second-order valence-electron chi connectivity index (χ2n) is 7.21. The number of benzene rings is 2. The van der Waals surface area contributed by atoms with Gasteiger partial charge in [0.1, 0.15) is 12.4 Å². The molecule has 0 radical (unpaired) electrons. The molecule has 2 aromatic rings. The molecule has 166 valence electrons. The maximum atomic E-state index is 12.0. The number of hydrogen-bond acceptors (Lipinski definition) is 5. The number of ether oxygens (including phenoxy) is 2. The van der Waals surface area contributed by atoms with E-state index in [1.165, 1.54) is 56.2 Å². The molecule has 0 spiro atoms. The predicted molar refractivity (Wildman–Crippen MR) is 119 cm³/mol. The van der Waals surface area contributed by atoms with E-state index in [0.717, 1.165) is 12.2 Å². The molecule has 0 saturated heterocycles. The fourth-order valence-electron chi connectivity index (χ4n) is 3.04. The van der Waals surface area contributed by atoms with Crippen LogP contribution in [0.15, 0.2) is 59.5 Å².